The van der Waals surface area contributed by atoms with E-state index in [2.05, 4.69) is 22.3 Å². The first-order chi connectivity index (χ1) is 18.0. The van der Waals surface area contributed by atoms with E-state index in [0.717, 1.165) is 0 Å². The smallest absolute Gasteiger partial charge is 0.411 e. The Hall–Kier alpha value is -4.00. The molecule has 1 aliphatic heterocycles. The van der Waals surface area contributed by atoms with Gasteiger partial charge in [0.05, 0.1) is 18.8 Å². The molecule has 0 bridgehead atoms. The third-order valence-corrected chi connectivity index (χ3v) is 5.83. The minimum atomic E-state index is -0.801. The molecule has 2 heterocycles. The van der Waals surface area contributed by atoms with Gasteiger partial charge in [-0.1, -0.05) is 23.4 Å². The van der Waals surface area contributed by atoms with E-state index in [1.807, 2.05) is 0 Å². The van der Waals surface area contributed by atoms with Crippen molar-refractivity contribution in [2.75, 3.05) is 25.1 Å². The van der Waals surface area contributed by atoms with Crippen LogP contribution in [0.5, 0.6) is 5.75 Å². The van der Waals surface area contributed by atoms with Crippen molar-refractivity contribution in [1.29, 1.82) is 0 Å². The highest BCUT2D eigenvalue weighted by Gasteiger charge is 2.35. The molecule has 1 atom stereocenters. The van der Waals surface area contributed by atoms with E-state index in [4.69, 9.17) is 21.1 Å². The van der Waals surface area contributed by atoms with Crippen molar-refractivity contribution in [3.63, 3.8) is 0 Å². The Labute approximate surface area is 226 Å². The van der Waals surface area contributed by atoms with Gasteiger partial charge >= 0.3 is 6.09 Å². The van der Waals surface area contributed by atoms with E-state index < -0.39 is 17.7 Å². The van der Waals surface area contributed by atoms with Crippen LogP contribution < -0.4 is 5.32 Å². The molecule has 0 saturated carbocycles. The Kier molecular flexibility index (Phi) is 7.95. The molecule has 1 aromatic heterocycles. The van der Waals surface area contributed by atoms with Gasteiger partial charge in [-0.2, -0.15) is 5.10 Å². The molecule has 1 unspecified atom stereocenters. The summed E-state index contributed by atoms with van der Waals surface area (Å²) in [6.07, 6.45) is 1.22. The molecule has 2 aromatic carbocycles. The average molecular weight is 537 g/mol. The molecule has 4 rings (SSSR count). The summed E-state index contributed by atoms with van der Waals surface area (Å²) in [6, 6.07) is 11.0. The van der Waals surface area contributed by atoms with Gasteiger partial charge in [-0.3, -0.25) is 14.4 Å². The van der Waals surface area contributed by atoms with Gasteiger partial charge in [0.2, 0.25) is 5.91 Å². The summed E-state index contributed by atoms with van der Waals surface area (Å²) in [6.45, 7) is 6.03. The van der Waals surface area contributed by atoms with E-state index in [9.17, 15) is 14.7 Å². The number of aryl methyl sites for hydroxylation is 1. The van der Waals surface area contributed by atoms with Gasteiger partial charge in [0.25, 0.3) is 0 Å². The molecule has 9 nitrogen and oxygen atoms in total. The molecule has 2 amide bonds. The Morgan fingerprint density at radius 2 is 1.92 bits per heavy atom. The molecule has 0 aliphatic carbocycles. The fourth-order valence-corrected chi connectivity index (χ4v) is 4.01. The van der Waals surface area contributed by atoms with Gasteiger partial charge in [0, 0.05) is 41.6 Å². The second-order valence-electron chi connectivity index (χ2n) is 9.81. The number of anilines is 1. The number of hydrogen-bond donors (Lipinski definition) is 2. The molecule has 10 heteroatoms. The van der Waals surface area contributed by atoms with Crippen LogP contribution in [-0.2, 0) is 21.3 Å². The number of aromatic hydroxyl groups is 1. The lowest BCUT2D eigenvalue weighted by Crippen LogP contribution is -2.55. The number of carbonyl (C=O) groups is 2. The molecule has 1 fully saturated rings. The molecule has 1 saturated heterocycles. The van der Waals surface area contributed by atoms with Gasteiger partial charge in [0.15, 0.2) is 0 Å². The van der Waals surface area contributed by atoms with Crippen molar-refractivity contribution >= 4 is 29.3 Å². The number of phenols is 1. The first kappa shape index (κ1) is 27.0. The van der Waals surface area contributed by atoms with Crippen LogP contribution >= 0.6 is 11.6 Å². The lowest BCUT2D eigenvalue weighted by Gasteiger charge is -2.35. The fraction of sp³-hybridized carbons (Fsp3) is 0.321. The Morgan fingerprint density at radius 1 is 1.18 bits per heavy atom. The molecule has 3 aromatic rings. The Balaban J connectivity index is 1.47. The van der Waals surface area contributed by atoms with Gasteiger partial charge in [-0.15, -0.1) is 0 Å². The van der Waals surface area contributed by atoms with Crippen LogP contribution in [0.3, 0.4) is 0 Å². The van der Waals surface area contributed by atoms with Crippen molar-refractivity contribution in [3.8, 4) is 28.8 Å². The maximum absolute atomic E-state index is 13.0. The topological polar surface area (TPSA) is 106 Å². The number of phenolic OH excluding ortho intramolecular Hbond substituents is 1. The highest BCUT2D eigenvalue weighted by Crippen LogP contribution is 2.32. The number of nitrogens with zero attached hydrogens (tertiary/aromatic N) is 3. The van der Waals surface area contributed by atoms with Crippen LogP contribution in [0, 0.1) is 11.8 Å². The first-order valence-electron chi connectivity index (χ1n) is 12.0. The quantitative estimate of drug-likeness (QED) is 0.480. The number of rotatable bonds is 3. The number of ether oxygens (including phenoxy) is 2. The number of amides is 2. The van der Waals surface area contributed by atoms with Crippen LogP contribution in [0.2, 0.25) is 5.02 Å². The zero-order chi connectivity index (χ0) is 27.4. The molecule has 2 N–H and O–H groups in total. The maximum Gasteiger partial charge on any atom is 0.411 e. The lowest BCUT2D eigenvalue weighted by molar-refractivity contribution is -0.127. The standard InChI is InChI=1S/C28H29ClN4O5/c1-28(2,3)38-27(36)33-13-14-37-17-23(33)26(35)30-21-10-6-18(7-11-21)5-8-19-16-32(4)31-25(19)22-15-20(29)9-12-24(22)34/h6-7,9-12,15-16,23,34H,13-14,17H2,1-4H3,(H,30,35). The van der Waals surface area contributed by atoms with Crippen molar-refractivity contribution < 1.29 is 24.2 Å². The van der Waals surface area contributed by atoms with E-state index in [1.54, 1.807) is 75.1 Å². The van der Waals surface area contributed by atoms with Crippen LogP contribution in [-0.4, -0.2) is 63.2 Å². The largest absolute Gasteiger partial charge is 0.507 e. The van der Waals surface area contributed by atoms with Crippen LogP contribution in [0.15, 0.2) is 48.7 Å². The summed E-state index contributed by atoms with van der Waals surface area (Å²) in [5.41, 5.74) is 2.24. The SMILES string of the molecule is Cn1cc(C#Cc2ccc(NC(=O)C3COCCN3C(=O)OC(C)(C)C)cc2)c(-c2cc(Cl)ccc2O)n1. The zero-order valence-electron chi connectivity index (χ0n) is 21.6. The van der Waals surface area contributed by atoms with Crippen molar-refractivity contribution in [2.45, 2.75) is 32.4 Å². The number of aromatic nitrogens is 2. The summed E-state index contributed by atoms with van der Waals surface area (Å²) < 4.78 is 12.5. The van der Waals surface area contributed by atoms with Gasteiger partial charge in [-0.05, 0) is 63.2 Å². The van der Waals surface area contributed by atoms with E-state index in [1.165, 1.54) is 11.0 Å². The third-order valence-electron chi connectivity index (χ3n) is 5.60. The summed E-state index contributed by atoms with van der Waals surface area (Å²) >= 11 is 6.10. The van der Waals surface area contributed by atoms with Crippen LogP contribution in [0.4, 0.5) is 10.5 Å². The van der Waals surface area contributed by atoms with Crippen molar-refractivity contribution in [3.05, 3.63) is 64.8 Å². The second-order valence-corrected chi connectivity index (χ2v) is 10.2. The van der Waals surface area contributed by atoms with E-state index >= 15 is 0 Å². The first-order valence-corrected chi connectivity index (χ1v) is 12.4. The Morgan fingerprint density at radius 3 is 2.63 bits per heavy atom. The number of halogens is 1. The summed E-state index contributed by atoms with van der Waals surface area (Å²) in [4.78, 5) is 27.0. The van der Waals surface area contributed by atoms with Crippen molar-refractivity contribution in [1.82, 2.24) is 14.7 Å². The molecular formula is C28H29ClN4O5. The molecular weight excluding hydrogens is 508 g/mol. The maximum atomic E-state index is 13.0. The summed E-state index contributed by atoms with van der Waals surface area (Å²) in [7, 11) is 1.77. The molecule has 38 heavy (non-hydrogen) atoms. The van der Waals surface area contributed by atoms with E-state index in [0.29, 0.717) is 39.7 Å². The normalized spacial score (nSPS) is 15.4. The Bertz CT molecular complexity index is 1400. The van der Waals surface area contributed by atoms with Gasteiger partial charge < -0.3 is 19.9 Å². The monoisotopic (exact) mass is 536 g/mol. The minimum absolute atomic E-state index is 0.0600. The van der Waals surface area contributed by atoms with E-state index in [-0.39, 0.29) is 24.8 Å². The number of carbonyl (C=O) groups excluding carboxylic acids is 2. The number of nitrogens with one attached hydrogen (secondary N) is 1. The third kappa shape index (κ3) is 6.65. The number of morpholine rings is 1. The van der Waals surface area contributed by atoms with Crippen LogP contribution in [0.1, 0.15) is 31.9 Å². The highest BCUT2D eigenvalue weighted by molar-refractivity contribution is 6.31. The molecule has 198 valence electrons. The minimum Gasteiger partial charge on any atom is -0.507 e. The number of hydrogen-bond acceptors (Lipinski definition) is 6. The van der Waals surface area contributed by atoms with Gasteiger partial charge in [-0.25, -0.2) is 4.79 Å². The second kappa shape index (κ2) is 11.2. The average Bonchev–Trinajstić information content (AvgIpc) is 3.24. The lowest BCUT2D eigenvalue weighted by atomic mass is 10.1. The summed E-state index contributed by atoms with van der Waals surface area (Å²) in [5, 5.41) is 18.0. The van der Waals surface area contributed by atoms with Crippen LogP contribution in [0.25, 0.3) is 11.3 Å². The highest BCUT2D eigenvalue weighted by atomic mass is 35.5. The molecule has 0 radical (unpaired) electrons. The predicted molar refractivity (Wildman–Crippen MR) is 144 cm³/mol. The van der Waals surface area contributed by atoms with Crippen molar-refractivity contribution in [2.24, 2.45) is 7.05 Å². The number of benzene rings is 2. The molecule has 1 aliphatic rings. The van der Waals surface area contributed by atoms with Gasteiger partial charge in [0.1, 0.15) is 23.1 Å². The fourth-order valence-electron chi connectivity index (χ4n) is 3.84. The predicted octanol–water partition coefficient (Wildman–Crippen LogP) is 4.42. The molecule has 0 spiro atoms. The summed E-state index contributed by atoms with van der Waals surface area (Å²) in [5.74, 6) is 5.88. The zero-order valence-corrected chi connectivity index (χ0v) is 22.4.